The van der Waals surface area contributed by atoms with Crippen LogP contribution >= 0.6 is 23.2 Å². The molecule has 0 aliphatic carbocycles. The molecule has 4 nitrogen and oxygen atoms in total. The maximum Gasteiger partial charge on any atom is 0.311 e. The van der Waals surface area contributed by atoms with Crippen LogP contribution in [-0.2, 0) is 9.59 Å². The van der Waals surface area contributed by atoms with Gasteiger partial charge in [-0.3, -0.25) is 9.59 Å². The highest BCUT2D eigenvalue weighted by molar-refractivity contribution is 6.54. The number of carboxylic acids is 1. The molecule has 0 saturated heterocycles. The summed E-state index contributed by atoms with van der Waals surface area (Å²) in [7, 11) is 0. The molecule has 0 saturated carbocycles. The Hall–Kier alpha value is -1.26. The molecule has 0 radical (unpaired) electrons. The molecule has 1 heterocycles. The number of aliphatic carboxylic acids is 1. The molecule has 102 valence electrons. The zero-order chi connectivity index (χ0) is 14.2. The predicted octanol–water partition coefficient (Wildman–Crippen LogP) is 2.78. The molecule has 1 N–H and O–H groups in total. The van der Waals surface area contributed by atoms with E-state index in [1.165, 1.54) is 4.90 Å². The number of para-hydroxylation sites is 1. The van der Waals surface area contributed by atoms with E-state index in [0.29, 0.717) is 17.7 Å². The van der Waals surface area contributed by atoms with E-state index in [1.807, 2.05) is 0 Å². The van der Waals surface area contributed by atoms with Crippen molar-refractivity contribution in [1.29, 1.82) is 0 Å². The number of carbonyl (C=O) groups excluding carboxylic acids is 1. The Morgan fingerprint density at radius 1 is 1.37 bits per heavy atom. The minimum Gasteiger partial charge on any atom is -0.481 e. The number of carboxylic acid groups (broad SMARTS) is 1. The Bertz CT molecular complexity index is 518. The Kier molecular flexibility index (Phi) is 4.02. The third kappa shape index (κ3) is 2.55. The zero-order valence-corrected chi connectivity index (χ0v) is 11.7. The smallest absolute Gasteiger partial charge is 0.311 e. The van der Waals surface area contributed by atoms with Crippen molar-refractivity contribution >= 4 is 40.8 Å². The standard InChI is InChI=1S/C13H13Cl2NO3/c1-7-6-9(13(18)19)8-4-2-3-5-10(8)16(7)12(17)11(14)15/h2-5,7,9,11H,6H2,1H3,(H,18,19). The quantitative estimate of drug-likeness (QED) is 0.855. The van der Waals surface area contributed by atoms with Crippen molar-refractivity contribution in [2.75, 3.05) is 4.90 Å². The van der Waals surface area contributed by atoms with E-state index in [2.05, 4.69) is 0 Å². The van der Waals surface area contributed by atoms with Crippen LogP contribution < -0.4 is 4.90 Å². The average molecular weight is 302 g/mol. The molecule has 1 aliphatic heterocycles. The van der Waals surface area contributed by atoms with E-state index in [4.69, 9.17) is 23.2 Å². The normalized spacial score (nSPS) is 22.2. The molecule has 1 aliphatic rings. The van der Waals surface area contributed by atoms with Crippen molar-refractivity contribution < 1.29 is 14.7 Å². The van der Waals surface area contributed by atoms with E-state index in [9.17, 15) is 14.7 Å². The van der Waals surface area contributed by atoms with Crippen molar-refractivity contribution in [1.82, 2.24) is 0 Å². The van der Waals surface area contributed by atoms with Crippen LogP contribution in [0.5, 0.6) is 0 Å². The van der Waals surface area contributed by atoms with Gasteiger partial charge in [0.05, 0.1) is 5.92 Å². The van der Waals surface area contributed by atoms with Gasteiger partial charge in [-0.2, -0.15) is 0 Å². The summed E-state index contributed by atoms with van der Waals surface area (Å²) >= 11 is 11.3. The van der Waals surface area contributed by atoms with E-state index < -0.39 is 22.6 Å². The van der Waals surface area contributed by atoms with Gasteiger partial charge in [0, 0.05) is 11.7 Å². The third-order valence-electron chi connectivity index (χ3n) is 3.31. The van der Waals surface area contributed by atoms with E-state index >= 15 is 0 Å². The first-order valence-electron chi connectivity index (χ1n) is 5.86. The fraction of sp³-hybridized carbons (Fsp3) is 0.385. The van der Waals surface area contributed by atoms with E-state index in [-0.39, 0.29) is 6.04 Å². The first kappa shape index (κ1) is 14.2. The van der Waals surface area contributed by atoms with Crippen molar-refractivity contribution in [2.24, 2.45) is 0 Å². The highest BCUT2D eigenvalue weighted by Gasteiger charge is 2.38. The molecule has 6 heteroatoms. The lowest BCUT2D eigenvalue weighted by Gasteiger charge is -2.38. The summed E-state index contributed by atoms with van der Waals surface area (Å²) in [5.74, 6) is -1.92. The molecule has 1 aromatic carbocycles. The van der Waals surface area contributed by atoms with Crippen molar-refractivity contribution in [2.45, 2.75) is 30.1 Å². The molecule has 0 aromatic heterocycles. The first-order valence-corrected chi connectivity index (χ1v) is 6.73. The van der Waals surface area contributed by atoms with Gasteiger partial charge in [-0.25, -0.2) is 0 Å². The number of fused-ring (bicyclic) bond motifs is 1. The topological polar surface area (TPSA) is 57.6 Å². The molecule has 1 aromatic rings. The maximum atomic E-state index is 12.1. The third-order valence-corrected chi connectivity index (χ3v) is 3.68. The predicted molar refractivity (Wildman–Crippen MR) is 73.9 cm³/mol. The fourth-order valence-electron chi connectivity index (χ4n) is 2.49. The molecule has 2 rings (SSSR count). The molecular weight excluding hydrogens is 289 g/mol. The number of halogens is 2. The van der Waals surface area contributed by atoms with Gasteiger partial charge in [0.15, 0.2) is 4.84 Å². The number of benzene rings is 1. The number of hydrogen-bond donors (Lipinski definition) is 1. The van der Waals surface area contributed by atoms with Crippen molar-refractivity contribution in [3.8, 4) is 0 Å². The minimum absolute atomic E-state index is 0.261. The molecule has 0 spiro atoms. The van der Waals surface area contributed by atoms with Crippen molar-refractivity contribution in [3.05, 3.63) is 29.8 Å². The summed E-state index contributed by atoms with van der Waals surface area (Å²) < 4.78 is 0. The second kappa shape index (κ2) is 5.39. The van der Waals surface area contributed by atoms with Crippen LogP contribution in [0.25, 0.3) is 0 Å². The molecule has 0 bridgehead atoms. The van der Waals surface area contributed by atoms with Crippen LogP contribution in [0.1, 0.15) is 24.8 Å². The number of hydrogen-bond acceptors (Lipinski definition) is 2. The highest BCUT2D eigenvalue weighted by atomic mass is 35.5. The fourth-order valence-corrected chi connectivity index (χ4v) is 2.70. The molecule has 19 heavy (non-hydrogen) atoms. The average Bonchev–Trinajstić information content (AvgIpc) is 2.36. The van der Waals surface area contributed by atoms with E-state index in [0.717, 1.165) is 0 Å². The summed E-state index contributed by atoms with van der Waals surface area (Å²) in [5, 5.41) is 9.28. The maximum absolute atomic E-state index is 12.1. The lowest BCUT2D eigenvalue weighted by molar-refractivity contribution is -0.139. The number of anilines is 1. The second-order valence-electron chi connectivity index (χ2n) is 4.54. The van der Waals surface area contributed by atoms with Gasteiger partial charge in [-0.15, -0.1) is 0 Å². The van der Waals surface area contributed by atoms with Crippen LogP contribution in [0.2, 0.25) is 0 Å². The largest absolute Gasteiger partial charge is 0.481 e. The van der Waals surface area contributed by atoms with Crippen molar-refractivity contribution in [3.63, 3.8) is 0 Å². The molecular formula is C13H13Cl2NO3. The number of nitrogens with zero attached hydrogens (tertiary/aromatic N) is 1. The number of amides is 1. The Morgan fingerprint density at radius 3 is 2.58 bits per heavy atom. The molecule has 1 amide bonds. The SMILES string of the molecule is CC1CC(C(=O)O)c2ccccc2N1C(=O)C(Cl)Cl. The minimum atomic E-state index is -1.16. The number of rotatable bonds is 2. The Morgan fingerprint density at radius 2 is 2.00 bits per heavy atom. The number of alkyl halides is 2. The van der Waals surface area contributed by atoms with Gasteiger partial charge in [0.1, 0.15) is 0 Å². The van der Waals surface area contributed by atoms with Gasteiger partial charge >= 0.3 is 5.97 Å². The first-order chi connectivity index (χ1) is 8.93. The van der Waals surface area contributed by atoms with Crippen LogP contribution in [0.4, 0.5) is 5.69 Å². The van der Waals surface area contributed by atoms with Gasteiger partial charge in [-0.05, 0) is 25.0 Å². The second-order valence-corrected chi connectivity index (χ2v) is 5.64. The monoisotopic (exact) mass is 301 g/mol. The van der Waals surface area contributed by atoms with Crippen LogP contribution in [0.3, 0.4) is 0 Å². The summed E-state index contributed by atoms with van der Waals surface area (Å²) in [6.07, 6.45) is 0.346. The van der Waals surface area contributed by atoms with Crippen LogP contribution in [0.15, 0.2) is 24.3 Å². The Labute approximate surface area is 120 Å². The summed E-state index contributed by atoms with van der Waals surface area (Å²) in [5.41, 5.74) is 1.19. The lowest BCUT2D eigenvalue weighted by atomic mass is 9.86. The lowest BCUT2D eigenvalue weighted by Crippen LogP contribution is -2.46. The van der Waals surface area contributed by atoms with Gasteiger partial charge in [-0.1, -0.05) is 41.4 Å². The Balaban J connectivity index is 2.51. The molecule has 2 atom stereocenters. The van der Waals surface area contributed by atoms with Gasteiger partial charge < -0.3 is 10.0 Å². The molecule has 0 fully saturated rings. The summed E-state index contributed by atoms with van der Waals surface area (Å²) in [6, 6.07) is 6.69. The van der Waals surface area contributed by atoms with Gasteiger partial charge in [0.2, 0.25) is 0 Å². The summed E-state index contributed by atoms with van der Waals surface area (Å²) in [6.45, 7) is 1.79. The van der Waals surface area contributed by atoms with Crippen LogP contribution in [-0.4, -0.2) is 27.9 Å². The molecule has 2 unspecified atom stereocenters. The highest BCUT2D eigenvalue weighted by Crippen LogP contribution is 2.39. The number of carbonyl (C=O) groups is 2. The summed E-state index contributed by atoms with van der Waals surface area (Å²) in [4.78, 5) is 23.7. The van der Waals surface area contributed by atoms with E-state index in [1.54, 1.807) is 31.2 Å². The van der Waals surface area contributed by atoms with Gasteiger partial charge in [0.25, 0.3) is 5.91 Å². The van der Waals surface area contributed by atoms with Crippen LogP contribution in [0, 0.1) is 0 Å². The zero-order valence-electron chi connectivity index (χ0n) is 10.2.